The van der Waals surface area contributed by atoms with E-state index in [1.165, 1.54) is 6.20 Å². The maximum atomic E-state index is 12.1. The number of rotatable bonds is 2. The van der Waals surface area contributed by atoms with E-state index in [9.17, 15) is 4.79 Å². The number of carbonyl (C=O) groups excluding carboxylic acids is 1. The number of aromatic nitrogens is 1. The summed E-state index contributed by atoms with van der Waals surface area (Å²) in [6.07, 6.45) is 1.54. The third kappa shape index (κ3) is 3.55. The minimum atomic E-state index is -0.173. The fraction of sp³-hybridized carbons (Fsp3) is 0.143. The van der Waals surface area contributed by atoms with Crippen LogP contribution in [0.5, 0.6) is 0 Å². The van der Waals surface area contributed by atoms with Crippen molar-refractivity contribution in [2.45, 2.75) is 13.8 Å². The number of aryl methyl sites for hydroxylation is 2. The van der Waals surface area contributed by atoms with Crippen molar-refractivity contribution in [2.75, 3.05) is 5.32 Å². The van der Waals surface area contributed by atoms with Crippen molar-refractivity contribution >= 4 is 39.1 Å². The Bertz CT molecular complexity index is 623. The van der Waals surface area contributed by atoms with Gasteiger partial charge < -0.3 is 5.32 Å². The van der Waals surface area contributed by atoms with Gasteiger partial charge in [0.15, 0.2) is 0 Å². The smallest absolute Gasteiger partial charge is 0.255 e. The molecule has 1 amide bonds. The molecule has 1 aromatic heterocycles. The van der Waals surface area contributed by atoms with E-state index in [-0.39, 0.29) is 5.91 Å². The predicted octanol–water partition coefficient (Wildman–Crippen LogP) is 4.37. The van der Waals surface area contributed by atoms with Gasteiger partial charge in [0.2, 0.25) is 0 Å². The summed E-state index contributed by atoms with van der Waals surface area (Å²) < 4.78 is 0.878. The van der Waals surface area contributed by atoms with Gasteiger partial charge in [-0.2, -0.15) is 0 Å². The number of nitrogens with zero attached hydrogens (tertiary/aromatic N) is 1. The summed E-state index contributed by atoms with van der Waals surface area (Å²) in [5, 5.41) is 3.24. The maximum Gasteiger partial charge on any atom is 0.255 e. The molecule has 0 aliphatic carbocycles. The summed E-state index contributed by atoms with van der Waals surface area (Å²) in [6, 6.07) is 7.34. The van der Waals surface area contributed by atoms with Crippen LogP contribution in [0.25, 0.3) is 0 Å². The van der Waals surface area contributed by atoms with Crippen LogP contribution in [0.3, 0.4) is 0 Å². The van der Waals surface area contributed by atoms with E-state index in [0.717, 1.165) is 15.6 Å². The number of amides is 1. The van der Waals surface area contributed by atoms with E-state index >= 15 is 0 Å². The number of halogens is 2. The lowest BCUT2D eigenvalue weighted by atomic mass is 10.1. The molecule has 0 aliphatic rings. The highest BCUT2D eigenvalue weighted by Gasteiger charge is 2.08. The van der Waals surface area contributed by atoms with E-state index in [1.54, 1.807) is 12.1 Å². The van der Waals surface area contributed by atoms with Crippen molar-refractivity contribution in [2.24, 2.45) is 0 Å². The molecule has 2 rings (SSSR count). The highest BCUT2D eigenvalue weighted by atomic mass is 79.9. The molecule has 19 heavy (non-hydrogen) atoms. The second-order valence-electron chi connectivity index (χ2n) is 4.30. The topological polar surface area (TPSA) is 42.0 Å². The third-order valence-corrected chi connectivity index (χ3v) is 3.43. The number of hydrogen-bond donors (Lipinski definition) is 1. The highest BCUT2D eigenvalue weighted by Crippen LogP contribution is 2.19. The predicted molar refractivity (Wildman–Crippen MR) is 80.8 cm³/mol. The van der Waals surface area contributed by atoms with Crippen LogP contribution < -0.4 is 5.32 Å². The van der Waals surface area contributed by atoms with Crippen LogP contribution in [0.15, 0.2) is 34.9 Å². The van der Waals surface area contributed by atoms with E-state index in [2.05, 4.69) is 26.2 Å². The molecule has 0 atom stereocenters. The summed E-state index contributed by atoms with van der Waals surface area (Å²) >= 11 is 9.22. The van der Waals surface area contributed by atoms with Crippen molar-refractivity contribution in [3.8, 4) is 0 Å². The molecule has 1 aromatic carbocycles. The Labute approximate surface area is 125 Å². The summed E-state index contributed by atoms with van der Waals surface area (Å²) in [7, 11) is 0. The van der Waals surface area contributed by atoms with Crippen molar-refractivity contribution in [1.82, 2.24) is 4.98 Å². The van der Waals surface area contributed by atoms with Gasteiger partial charge in [-0.1, -0.05) is 27.5 Å². The molecule has 2 aromatic rings. The monoisotopic (exact) mass is 338 g/mol. The first-order valence-corrected chi connectivity index (χ1v) is 6.83. The Hall–Kier alpha value is -1.39. The zero-order valence-electron chi connectivity index (χ0n) is 10.5. The molecule has 0 bridgehead atoms. The lowest BCUT2D eigenvalue weighted by Gasteiger charge is -2.07. The summed E-state index contributed by atoms with van der Waals surface area (Å²) in [6.45, 7) is 3.78. The van der Waals surface area contributed by atoms with Crippen LogP contribution in [-0.4, -0.2) is 10.9 Å². The van der Waals surface area contributed by atoms with Gasteiger partial charge in [-0.3, -0.25) is 4.79 Å². The van der Waals surface area contributed by atoms with Crippen molar-refractivity contribution < 1.29 is 4.79 Å². The first-order chi connectivity index (χ1) is 8.95. The van der Waals surface area contributed by atoms with Gasteiger partial charge >= 0.3 is 0 Å². The molecular formula is C14H12BrClN2O. The molecule has 0 fully saturated rings. The SMILES string of the molecule is Cc1cc(Br)cc(C(=O)Nc2cnc(Cl)c(C)c2)c1. The van der Waals surface area contributed by atoms with Crippen LogP contribution in [0.2, 0.25) is 5.15 Å². The van der Waals surface area contributed by atoms with Gasteiger partial charge in [0, 0.05) is 10.0 Å². The summed E-state index contributed by atoms with van der Waals surface area (Å²) in [4.78, 5) is 16.1. The Kier molecular flexibility index (Phi) is 4.22. The summed E-state index contributed by atoms with van der Waals surface area (Å²) in [5.74, 6) is -0.173. The van der Waals surface area contributed by atoms with Crippen LogP contribution >= 0.6 is 27.5 Å². The average Bonchev–Trinajstić information content (AvgIpc) is 2.32. The largest absolute Gasteiger partial charge is 0.321 e. The molecule has 3 nitrogen and oxygen atoms in total. The number of nitrogens with one attached hydrogen (secondary N) is 1. The van der Waals surface area contributed by atoms with Gasteiger partial charge in [-0.15, -0.1) is 0 Å². The Balaban J connectivity index is 2.22. The number of carbonyl (C=O) groups is 1. The molecule has 1 heterocycles. The molecule has 98 valence electrons. The van der Waals surface area contributed by atoms with Crippen molar-refractivity contribution in [3.63, 3.8) is 0 Å². The van der Waals surface area contributed by atoms with Crippen LogP contribution in [-0.2, 0) is 0 Å². The van der Waals surface area contributed by atoms with Gasteiger partial charge in [-0.05, 0) is 49.2 Å². The second-order valence-corrected chi connectivity index (χ2v) is 5.58. The average molecular weight is 340 g/mol. The first-order valence-electron chi connectivity index (χ1n) is 5.66. The number of anilines is 1. The lowest BCUT2D eigenvalue weighted by Crippen LogP contribution is -2.12. The first kappa shape index (κ1) is 14.0. The number of hydrogen-bond acceptors (Lipinski definition) is 2. The normalized spacial score (nSPS) is 10.3. The van der Waals surface area contributed by atoms with Crippen molar-refractivity contribution in [1.29, 1.82) is 0 Å². The molecule has 0 saturated heterocycles. The van der Waals surface area contributed by atoms with Crippen molar-refractivity contribution in [3.05, 3.63) is 56.8 Å². The van der Waals surface area contributed by atoms with E-state index in [1.807, 2.05) is 26.0 Å². The lowest BCUT2D eigenvalue weighted by molar-refractivity contribution is 0.102. The molecule has 1 N–H and O–H groups in total. The number of benzene rings is 1. The third-order valence-electron chi connectivity index (χ3n) is 2.58. The maximum absolute atomic E-state index is 12.1. The Morgan fingerprint density at radius 1 is 1.26 bits per heavy atom. The molecule has 5 heteroatoms. The van der Waals surface area contributed by atoms with E-state index < -0.39 is 0 Å². The fourth-order valence-electron chi connectivity index (χ4n) is 1.70. The van der Waals surface area contributed by atoms with Gasteiger partial charge in [0.05, 0.1) is 11.9 Å². The molecule has 0 saturated carbocycles. The summed E-state index contributed by atoms with van der Waals surface area (Å²) in [5.41, 5.74) is 3.07. The number of pyridine rings is 1. The molecule has 0 radical (unpaired) electrons. The van der Waals surface area contributed by atoms with Gasteiger partial charge in [0.1, 0.15) is 5.15 Å². The van der Waals surface area contributed by atoms with Gasteiger partial charge in [-0.25, -0.2) is 4.98 Å². The molecule has 0 spiro atoms. The standard InChI is InChI=1S/C14H12BrClN2O/c1-8-3-10(6-11(15)4-8)14(19)18-12-5-9(2)13(16)17-7-12/h3-7H,1-2H3,(H,18,19). The van der Waals surface area contributed by atoms with Gasteiger partial charge in [0.25, 0.3) is 5.91 Å². The quantitative estimate of drug-likeness (QED) is 0.826. The minimum absolute atomic E-state index is 0.173. The zero-order chi connectivity index (χ0) is 14.0. The Morgan fingerprint density at radius 3 is 2.63 bits per heavy atom. The van der Waals surface area contributed by atoms with E-state index in [4.69, 9.17) is 11.6 Å². The molecular weight excluding hydrogens is 328 g/mol. The minimum Gasteiger partial charge on any atom is -0.321 e. The van der Waals surface area contributed by atoms with Crippen LogP contribution in [0, 0.1) is 13.8 Å². The fourth-order valence-corrected chi connectivity index (χ4v) is 2.41. The molecule has 0 aliphatic heterocycles. The van der Waals surface area contributed by atoms with E-state index in [0.29, 0.717) is 16.4 Å². The molecule has 0 unspecified atom stereocenters. The Morgan fingerprint density at radius 2 is 2.00 bits per heavy atom. The zero-order valence-corrected chi connectivity index (χ0v) is 12.8. The highest BCUT2D eigenvalue weighted by molar-refractivity contribution is 9.10. The van der Waals surface area contributed by atoms with Crippen LogP contribution in [0.4, 0.5) is 5.69 Å². The van der Waals surface area contributed by atoms with Crippen LogP contribution in [0.1, 0.15) is 21.5 Å². The second kappa shape index (κ2) is 5.72.